The largest absolute Gasteiger partial charge is 0.478 e. The van der Waals surface area contributed by atoms with E-state index in [2.05, 4.69) is 5.32 Å². The fourth-order valence-corrected chi connectivity index (χ4v) is 2.71. The number of carboxylic acids is 1. The van der Waals surface area contributed by atoms with Gasteiger partial charge in [-0.3, -0.25) is 0 Å². The molecular formula is C13H17ClN2O3. The molecule has 6 heteroatoms. The summed E-state index contributed by atoms with van der Waals surface area (Å²) in [5.74, 6) is -1.04. The Morgan fingerprint density at radius 1 is 1.53 bits per heavy atom. The molecule has 2 rings (SSSR count). The van der Waals surface area contributed by atoms with Gasteiger partial charge in [-0.15, -0.1) is 0 Å². The number of hydrogen-bond donors (Lipinski definition) is 3. The van der Waals surface area contributed by atoms with Gasteiger partial charge in [0.05, 0.1) is 22.4 Å². The van der Waals surface area contributed by atoms with Crippen molar-refractivity contribution in [1.29, 1.82) is 0 Å². The van der Waals surface area contributed by atoms with E-state index < -0.39 is 5.97 Å². The molecule has 1 saturated carbocycles. The van der Waals surface area contributed by atoms with E-state index in [1.807, 2.05) is 0 Å². The molecule has 2 atom stereocenters. The molecule has 0 aromatic heterocycles. The zero-order valence-corrected chi connectivity index (χ0v) is 11.4. The Kier molecular flexibility index (Phi) is 4.17. The van der Waals surface area contributed by atoms with E-state index in [0.717, 1.165) is 19.3 Å². The van der Waals surface area contributed by atoms with Gasteiger partial charge in [0, 0.05) is 18.8 Å². The third-order valence-electron chi connectivity index (χ3n) is 3.41. The van der Waals surface area contributed by atoms with Crippen molar-refractivity contribution in [1.82, 2.24) is 0 Å². The van der Waals surface area contributed by atoms with Crippen LogP contribution in [0, 0.1) is 0 Å². The number of nitrogens with two attached hydrogens (primary N) is 1. The number of carbonyl (C=O) groups is 1. The van der Waals surface area contributed by atoms with E-state index in [1.165, 1.54) is 6.07 Å². The molecule has 0 heterocycles. The van der Waals surface area contributed by atoms with Crippen molar-refractivity contribution in [2.24, 2.45) is 0 Å². The second-order valence-electron chi connectivity index (χ2n) is 4.74. The highest BCUT2D eigenvalue weighted by atomic mass is 35.5. The molecule has 1 aliphatic carbocycles. The van der Waals surface area contributed by atoms with E-state index in [0.29, 0.717) is 16.4 Å². The second-order valence-corrected chi connectivity index (χ2v) is 5.15. The molecule has 19 heavy (non-hydrogen) atoms. The quantitative estimate of drug-likeness (QED) is 0.740. The maximum Gasteiger partial charge on any atom is 0.337 e. The highest BCUT2D eigenvalue weighted by Crippen LogP contribution is 2.33. The molecule has 2 unspecified atom stereocenters. The number of rotatable bonds is 4. The number of carboxylic acid groups (broad SMARTS) is 1. The summed E-state index contributed by atoms with van der Waals surface area (Å²) in [5, 5.41) is 12.7. The minimum atomic E-state index is -1.04. The standard InChI is InChI=1S/C13H17ClN2O3/c1-19-9-3-2-8(6-9)16-12-10(13(17)18)4-7(15)5-11(12)14/h4-5,8-9,16H,2-3,6,15H2,1H3,(H,17,18). The number of halogens is 1. The van der Waals surface area contributed by atoms with E-state index in [9.17, 15) is 9.90 Å². The van der Waals surface area contributed by atoms with Gasteiger partial charge < -0.3 is 20.9 Å². The second kappa shape index (κ2) is 5.67. The minimum absolute atomic E-state index is 0.103. The van der Waals surface area contributed by atoms with Crippen LogP contribution in [0.5, 0.6) is 0 Å². The fourth-order valence-electron chi connectivity index (χ4n) is 2.43. The van der Waals surface area contributed by atoms with Gasteiger partial charge in [-0.25, -0.2) is 4.79 Å². The van der Waals surface area contributed by atoms with Gasteiger partial charge in [0.15, 0.2) is 0 Å². The number of hydrogen-bond acceptors (Lipinski definition) is 4. The molecule has 1 aliphatic rings. The third-order valence-corrected chi connectivity index (χ3v) is 3.71. The molecule has 0 amide bonds. The van der Waals surface area contributed by atoms with Crippen molar-refractivity contribution in [3.8, 4) is 0 Å². The topological polar surface area (TPSA) is 84.6 Å². The zero-order chi connectivity index (χ0) is 14.0. The predicted molar refractivity (Wildman–Crippen MR) is 74.9 cm³/mol. The molecular weight excluding hydrogens is 268 g/mol. The van der Waals surface area contributed by atoms with Gasteiger partial charge in [0.25, 0.3) is 0 Å². The highest BCUT2D eigenvalue weighted by Gasteiger charge is 2.26. The molecule has 104 valence electrons. The normalized spacial score (nSPS) is 22.4. The van der Waals surface area contributed by atoms with Crippen molar-refractivity contribution < 1.29 is 14.6 Å². The fraction of sp³-hybridized carbons (Fsp3) is 0.462. The van der Waals surface area contributed by atoms with Gasteiger partial charge in [-0.1, -0.05) is 11.6 Å². The van der Waals surface area contributed by atoms with Gasteiger partial charge in [-0.05, 0) is 31.4 Å². The molecule has 1 aromatic rings. The molecule has 0 radical (unpaired) electrons. The van der Waals surface area contributed by atoms with Crippen molar-refractivity contribution >= 4 is 28.9 Å². The van der Waals surface area contributed by atoms with Crippen LogP contribution in [-0.2, 0) is 4.74 Å². The van der Waals surface area contributed by atoms with Crippen LogP contribution in [0.25, 0.3) is 0 Å². The molecule has 1 aromatic carbocycles. The Morgan fingerprint density at radius 3 is 2.84 bits per heavy atom. The SMILES string of the molecule is COC1CCC(Nc2c(Cl)cc(N)cc2C(=O)O)C1. The Labute approximate surface area is 116 Å². The molecule has 0 saturated heterocycles. The van der Waals surface area contributed by atoms with E-state index in [-0.39, 0.29) is 17.7 Å². The molecule has 4 N–H and O–H groups in total. The number of nitrogens with one attached hydrogen (secondary N) is 1. The number of aromatic carboxylic acids is 1. The van der Waals surface area contributed by atoms with Crippen LogP contribution in [0.2, 0.25) is 5.02 Å². The monoisotopic (exact) mass is 284 g/mol. The lowest BCUT2D eigenvalue weighted by Crippen LogP contribution is -2.19. The average Bonchev–Trinajstić information content (AvgIpc) is 2.79. The first-order chi connectivity index (χ1) is 9.01. The molecule has 0 aliphatic heterocycles. The minimum Gasteiger partial charge on any atom is -0.478 e. The lowest BCUT2D eigenvalue weighted by molar-refractivity contribution is 0.0698. The Balaban J connectivity index is 2.22. The summed E-state index contributed by atoms with van der Waals surface area (Å²) in [4.78, 5) is 11.2. The van der Waals surface area contributed by atoms with Crippen molar-refractivity contribution in [3.05, 3.63) is 22.7 Å². The van der Waals surface area contributed by atoms with Crippen LogP contribution in [0.4, 0.5) is 11.4 Å². The van der Waals surface area contributed by atoms with E-state index >= 15 is 0 Å². The van der Waals surface area contributed by atoms with Crippen molar-refractivity contribution in [3.63, 3.8) is 0 Å². The van der Waals surface area contributed by atoms with Crippen molar-refractivity contribution in [2.45, 2.75) is 31.4 Å². The van der Waals surface area contributed by atoms with Gasteiger partial charge in [-0.2, -0.15) is 0 Å². The van der Waals surface area contributed by atoms with Gasteiger partial charge in [0.2, 0.25) is 0 Å². The van der Waals surface area contributed by atoms with Crippen molar-refractivity contribution in [2.75, 3.05) is 18.2 Å². The van der Waals surface area contributed by atoms with Crippen LogP contribution >= 0.6 is 11.6 Å². The summed E-state index contributed by atoms with van der Waals surface area (Å²) in [5.41, 5.74) is 6.50. The summed E-state index contributed by atoms with van der Waals surface area (Å²) in [7, 11) is 1.69. The summed E-state index contributed by atoms with van der Waals surface area (Å²) in [6.07, 6.45) is 2.95. The van der Waals surface area contributed by atoms with Gasteiger partial charge in [0.1, 0.15) is 0 Å². The summed E-state index contributed by atoms with van der Waals surface area (Å²) in [6.45, 7) is 0. The average molecular weight is 285 g/mol. The van der Waals surface area contributed by atoms with Crippen LogP contribution < -0.4 is 11.1 Å². The number of ether oxygens (including phenoxy) is 1. The lowest BCUT2D eigenvalue weighted by Gasteiger charge is -2.18. The highest BCUT2D eigenvalue weighted by molar-refractivity contribution is 6.34. The summed E-state index contributed by atoms with van der Waals surface area (Å²) < 4.78 is 5.30. The first kappa shape index (κ1) is 14.0. The first-order valence-corrected chi connectivity index (χ1v) is 6.50. The summed E-state index contributed by atoms with van der Waals surface area (Å²) >= 11 is 6.09. The number of anilines is 2. The van der Waals surface area contributed by atoms with E-state index in [1.54, 1.807) is 13.2 Å². The number of benzene rings is 1. The van der Waals surface area contributed by atoms with Crippen LogP contribution in [-0.4, -0.2) is 30.3 Å². The Morgan fingerprint density at radius 2 is 2.26 bits per heavy atom. The Bertz CT molecular complexity index is 493. The maximum atomic E-state index is 11.2. The molecule has 1 fully saturated rings. The number of nitrogen functional groups attached to an aromatic ring is 1. The van der Waals surface area contributed by atoms with Crippen LogP contribution in [0.1, 0.15) is 29.6 Å². The first-order valence-electron chi connectivity index (χ1n) is 6.13. The zero-order valence-electron chi connectivity index (χ0n) is 10.6. The third kappa shape index (κ3) is 3.11. The van der Waals surface area contributed by atoms with Gasteiger partial charge >= 0.3 is 5.97 Å². The Hall–Kier alpha value is -1.46. The van der Waals surface area contributed by atoms with Crippen LogP contribution in [0.3, 0.4) is 0 Å². The lowest BCUT2D eigenvalue weighted by atomic mass is 10.1. The predicted octanol–water partition coefficient (Wildman–Crippen LogP) is 2.60. The summed E-state index contributed by atoms with van der Waals surface area (Å²) in [6, 6.07) is 3.14. The maximum absolute atomic E-state index is 11.2. The smallest absolute Gasteiger partial charge is 0.337 e. The van der Waals surface area contributed by atoms with E-state index in [4.69, 9.17) is 22.1 Å². The number of methoxy groups -OCH3 is 1. The molecule has 5 nitrogen and oxygen atoms in total. The van der Waals surface area contributed by atoms with Crippen LogP contribution in [0.15, 0.2) is 12.1 Å². The molecule has 0 bridgehead atoms. The molecule has 0 spiro atoms.